The van der Waals surface area contributed by atoms with Gasteiger partial charge in [-0.1, -0.05) is 44.5 Å². The van der Waals surface area contributed by atoms with Gasteiger partial charge in [0.05, 0.1) is 0 Å². The molecular formula is C19H25ClN2O5S. The minimum absolute atomic E-state index is 0.160. The molecule has 1 aromatic carbocycles. The van der Waals surface area contributed by atoms with Crippen LogP contribution in [0.3, 0.4) is 0 Å². The van der Waals surface area contributed by atoms with Crippen LogP contribution in [0.2, 0.25) is 5.02 Å². The van der Waals surface area contributed by atoms with Gasteiger partial charge in [-0.15, -0.1) is 0 Å². The largest absolute Gasteiger partial charge is 0.479 e. The van der Waals surface area contributed by atoms with Crippen LogP contribution in [0.4, 0.5) is 0 Å². The zero-order chi connectivity index (χ0) is 21.3. The van der Waals surface area contributed by atoms with E-state index in [1.165, 1.54) is 17.9 Å². The molecule has 9 heteroatoms. The Balaban J connectivity index is 2.16. The Hall–Kier alpha value is -1.90. The maximum absolute atomic E-state index is 12.8. The lowest BCUT2D eigenvalue weighted by Gasteiger charge is -2.44. The first-order valence-corrected chi connectivity index (χ1v) is 10.7. The SMILES string of the molecule is CC(C)(C)[C@@](C)(C(=O)O)N1CC[C@H](NS(=O)(=O)C=Cc2ccc(Cl)cc2)C1=O. The average Bonchev–Trinajstić information content (AvgIpc) is 2.93. The Bertz CT molecular complexity index is 890. The molecule has 0 saturated carbocycles. The van der Waals surface area contributed by atoms with E-state index >= 15 is 0 Å². The molecule has 2 atom stereocenters. The summed E-state index contributed by atoms with van der Waals surface area (Å²) in [6, 6.07) is 5.61. The fourth-order valence-corrected chi connectivity index (χ4v) is 4.21. The smallest absolute Gasteiger partial charge is 0.329 e. The molecule has 1 amide bonds. The lowest BCUT2D eigenvalue weighted by Crippen LogP contribution is -2.62. The zero-order valence-corrected chi connectivity index (χ0v) is 17.8. The molecule has 0 bridgehead atoms. The number of carboxylic acid groups (broad SMARTS) is 1. The molecule has 2 N–H and O–H groups in total. The van der Waals surface area contributed by atoms with Crippen molar-refractivity contribution in [2.75, 3.05) is 6.54 Å². The van der Waals surface area contributed by atoms with Crippen molar-refractivity contribution in [3.63, 3.8) is 0 Å². The molecule has 0 aromatic heterocycles. The second kappa shape index (κ2) is 7.85. The minimum atomic E-state index is -3.89. The predicted molar refractivity (Wildman–Crippen MR) is 108 cm³/mol. The van der Waals surface area contributed by atoms with Crippen molar-refractivity contribution in [3.8, 4) is 0 Å². The van der Waals surface area contributed by atoms with Gasteiger partial charge in [0, 0.05) is 17.0 Å². The van der Waals surface area contributed by atoms with Crippen LogP contribution in [0.1, 0.15) is 39.7 Å². The van der Waals surface area contributed by atoms with E-state index in [9.17, 15) is 23.1 Å². The van der Waals surface area contributed by atoms with Crippen LogP contribution in [0.15, 0.2) is 29.7 Å². The quantitative estimate of drug-likeness (QED) is 0.724. The van der Waals surface area contributed by atoms with Crippen LogP contribution < -0.4 is 4.72 Å². The molecule has 0 unspecified atom stereocenters. The third-order valence-electron chi connectivity index (χ3n) is 5.24. The Morgan fingerprint density at radius 2 is 1.82 bits per heavy atom. The van der Waals surface area contributed by atoms with E-state index < -0.39 is 38.9 Å². The van der Waals surface area contributed by atoms with Gasteiger partial charge in [0.1, 0.15) is 11.6 Å². The van der Waals surface area contributed by atoms with Crippen molar-refractivity contribution in [3.05, 3.63) is 40.3 Å². The molecular weight excluding hydrogens is 404 g/mol. The Kier molecular flexibility index (Phi) is 6.28. The van der Waals surface area contributed by atoms with Crippen LogP contribution >= 0.6 is 11.6 Å². The van der Waals surface area contributed by atoms with E-state index in [1.54, 1.807) is 45.0 Å². The Morgan fingerprint density at radius 1 is 1.25 bits per heavy atom. The molecule has 0 spiro atoms. The summed E-state index contributed by atoms with van der Waals surface area (Å²) in [4.78, 5) is 26.0. The van der Waals surface area contributed by atoms with Gasteiger partial charge < -0.3 is 10.0 Å². The number of rotatable bonds is 6. The first-order chi connectivity index (χ1) is 12.8. The number of carbonyl (C=O) groups excluding carboxylic acids is 1. The molecule has 2 rings (SSSR count). The number of likely N-dealkylation sites (tertiary alicyclic amines) is 1. The second-order valence-electron chi connectivity index (χ2n) is 7.98. The van der Waals surface area contributed by atoms with Crippen LogP contribution in [0, 0.1) is 5.41 Å². The normalized spacial score (nSPS) is 20.5. The fraction of sp³-hybridized carbons (Fsp3) is 0.474. The van der Waals surface area contributed by atoms with Gasteiger partial charge in [-0.3, -0.25) is 4.79 Å². The number of carboxylic acids is 1. The number of aliphatic carboxylic acids is 1. The fourth-order valence-electron chi connectivity index (χ4n) is 3.05. The maximum Gasteiger partial charge on any atom is 0.329 e. The monoisotopic (exact) mass is 428 g/mol. The van der Waals surface area contributed by atoms with Gasteiger partial charge in [0.15, 0.2) is 0 Å². The number of carbonyl (C=O) groups is 2. The van der Waals surface area contributed by atoms with Crippen molar-refractivity contribution >= 4 is 39.6 Å². The third-order valence-corrected chi connectivity index (χ3v) is 6.60. The maximum atomic E-state index is 12.8. The molecule has 0 radical (unpaired) electrons. The first kappa shape index (κ1) is 22.4. The summed E-state index contributed by atoms with van der Waals surface area (Å²) in [7, 11) is -3.89. The van der Waals surface area contributed by atoms with E-state index in [4.69, 9.17) is 11.6 Å². The number of benzene rings is 1. The molecule has 1 heterocycles. The molecule has 154 valence electrons. The molecule has 1 fully saturated rings. The van der Waals surface area contributed by atoms with Crippen LogP contribution in [-0.4, -0.2) is 48.4 Å². The van der Waals surface area contributed by atoms with E-state index in [1.807, 2.05) is 0 Å². The summed E-state index contributed by atoms with van der Waals surface area (Å²) >= 11 is 5.80. The lowest BCUT2D eigenvalue weighted by atomic mass is 9.73. The highest BCUT2D eigenvalue weighted by Crippen LogP contribution is 2.38. The number of nitrogens with one attached hydrogen (secondary N) is 1. The summed E-state index contributed by atoms with van der Waals surface area (Å²) in [5, 5.41) is 11.3. The van der Waals surface area contributed by atoms with Crippen molar-refractivity contribution in [2.24, 2.45) is 5.41 Å². The van der Waals surface area contributed by atoms with Gasteiger partial charge in [-0.25, -0.2) is 13.2 Å². The third kappa shape index (κ3) is 4.56. The number of amides is 1. The highest BCUT2D eigenvalue weighted by Gasteiger charge is 2.54. The van der Waals surface area contributed by atoms with Crippen LogP contribution in [0.25, 0.3) is 6.08 Å². The number of halogens is 1. The number of hydrogen-bond donors (Lipinski definition) is 2. The molecule has 28 heavy (non-hydrogen) atoms. The van der Waals surface area contributed by atoms with E-state index in [0.29, 0.717) is 10.6 Å². The second-order valence-corrected chi connectivity index (χ2v) is 10.0. The highest BCUT2D eigenvalue weighted by molar-refractivity contribution is 7.92. The van der Waals surface area contributed by atoms with Gasteiger partial charge in [0.25, 0.3) is 0 Å². The van der Waals surface area contributed by atoms with Crippen molar-refractivity contribution in [2.45, 2.75) is 45.7 Å². The van der Waals surface area contributed by atoms with Crippen LogP contribution in [0.5, 0.6) is 0 Å². The molecule has 1 aromatic rings. The van der Waals surface area contributed by atoms with Gasteiger partial charge >= 0.3 is 5.97 Å². The topological polar surface area (TPSA) is 104 Å². The lowest BCUT2D eigenvalue weighted by molar-refractivity contribution is -0.164. The molecule has 1 aliphatic heterocycles. The van der Waals surface area contributed by atoms with E-state index in [-0.39, 0.29) is 13.0 Å². The van der Waals surface area contributed by atoms with E-state index in [2.05, 4.69) is 4.72 Å². The molecule has 0 aliphatic carbocycles. The Morgan fingerprint density at radius 3 is 2.32 bits per heavy atom. The van der Waals surface area contributed by atoms with Gasteiger partial charge in [-0.2, -0.15) is 4.72 Å². The summed E-state index contributed by atoms with van der Waals surface area (Å²) in [6.45, 7) is 6.86. The number of nitrogens with zero attached hydrogens (tertiary/aromatic N) is 1. The van der Waals surface area contributed by atoms with Gasteiger partial charge in [0.2, 0.25) is 15.9 Å². The van der Waals surface area contributed by atoms with Crippen molar-refractivity contribution in [1.82, 2.24) is 9.62 Å². The average molecular weight is 429 g/mol. The predicted octanol–water partition coefficient (Wildman–Crippen LogP) is 2.72. The minimum Gasteiger partial charge on any atom is -0.479 e. The first-order valence-electron chi connectivity index (χ1n) is 8.79. The molecule has 1 saturated heterocycles. The van der Waals surface area contributed by atoms with E-state index in [0.717, 1.165) is 5.41 Å². The zero-order valence-electron chi connectivity index (χ0n) is 16.3. The summed E-state index contributed by atoms with van der Waals surface area (Å²) < 4.78 is 27.1. The van der Waals surface area contributed by atoms with Crippen molar-refractivity contribution in [1.29, 1.82) is 0 Å². The summed E-state index contributed by atoms with van der Waals surface area (Å²) in [5.41, 5.74) is -1.56. The molecule has 1 aliphatic rings. The number of hydrogen-bond acceptors (Lipinski definition) is 4. The number of sulfonamides is 1. The van der Waals surface area contributed by atoms with Gasteiger partial charge in [-0.05, 0) is 42.5 Å². The summed E-state index contributed by atoms with van der Waals surface area (Å²) in [5.74, 6) is -1.66. The van der Waals surface area contributed by atoms with Crippen LogP contribution in [-0.2, 0) is 19.6 Å². The van der Waals surface area contributed by atoms with Crippen molar-refractivity contribution < 1.29 is 23.1 Å². The highest BCUT2D eigenvalue weighted by atomic mass is 35.5. The summed E-state index contributed by atoms with van der Waals surface area (Å²) in [6.07, 6.45) is 1.60. The standard InChI is InChI=1S/C19H25ClN2O5S/c1-18(2,3)19(4,17(24)25)22-11-9-15(16(22)23)21-28(26,27)12-10-13-5-7-14(20)8-6-13/h5-8,10,12,15,21H,9,11H2,1-4H3,(H,24,25)/t15-,19+/m0/s1. The molecule has 7 nitrogen and oxygen atoms in total. The Labute approximate surface area is 170 Å².